The lowest BCUT2D eigenvalue weighted by molar-refractivity contribution is 0.414. The van der Waals surface area contributed by atoms with Gasteiger partial charge < -0.3 is 20.3 Å². The first-order chi connectivity index (χ1) is 13.3. The number of guanidine groups is 1. The summed E-state index contributed by atoms with van der Waals surface area (Å²) in [7, 11) is 3.46. The molecule has 0 unspecified atom stereocenters. The van der Waals surface area contributed by atoms with Gasteiger partial charge >= 0.3 is 0 Å². The minimum absolute atomic E-state index is 0.687. The van der Waals surface area contributed by atoms with Crippen LogP contribution >= 0.6 is 0 Å². The molecule has 0 atom stereocenters. The number of aromatic nitrogens is 1. The first kappa shape index (κ1) is 19.0. The Bertz CT molecular complexity index is 756. The van der Waals surface area contributed by atoms with Gasteiger partial charge in [-0.1, -0.05) is 12.1 Å². The highest BCUT2D eigenvalue weighted by Crippen LogP contribution is 2.18. The van der Waals surface area contributed by atoms with Crippen LogP contribution in [0.25, 0.3) is 0 Å². The third kappa shape index (κ3) is 5.61. The van der Waals surface area contributed by atoms with Crippen molar-refractivity contribution in [2.24, 2.45) is 4.99 Å². The van der Waals surface area contributed by atoms with Crippen LogP contribution in [0.2, 0.25) is 0 Å². The van der Waals surface area contributed by atoms with E-state index < -0.39 is 0 Å². The molecule has 0 spiro atoms. The molecule has 1 aromatic carbocycles. The molecule has 2 N–H and O–H groups in total. The molecule has 1 aromatic heterocycles. The van der Waals surface area contributed by atoms with Crippen molar-refractivity contribution in [3.63, 3.8) is 0 Å². The molecule has 0 radical (unpaired) electrons. The van der Waals surface area contributed by atoms with E-state index in [4.69, 9.17) is 4.74 Å². The molecule has 1 fully saturated rings. The van der Waals surface area contributed by atoms with Crippen LogP contribution < -0.4 is 20.3 Å². The van der Waals surface area contributed by atoms with E-state index in [9.17, 15) is 0 Å². The lowest BCUT2D eigenvalue weighted by Crippen LogP contribution is -2.36. The van der Waals surface area contributed by atoms with Crippen molar-refractivity contribution < 1.29 is 4.74 Å². The smallest absolute Gasteiger partial charge is 0.191 e. The Morgan fingerprint density at radius 3 is 2.52 bits per heavy atom. The molecule has 2 heterocycles. The van der Waals surface area contributed by atoms with E-state index in [0.29, 0.717) is 13.1 Å². The van der Waals surface area contributed by atoms with Gasteiger partial charge in [-0.15, -0.1) is 0 Å². The molecule has 0 amide bonds. The number of hydrogen-bond acceptors (Lipinski definition) is 4. The first-order valence-electron chi connectivity index (χ1n) is 9.56. The van der Waals surface area contributed by atoms with Crippen molar-refractivity contribution in [2.75, 3.05) is 32.1 Å². The number of pyridine rings is 1. The highest BCUT2D eigenvalue weighted by molar-refractivity contribution is 5.79. The molecule has 0 bridgehead atoms. The summed E-state index contributed by atoms with van der Waals surface area (Å²) in [4.78, 5) is 11.2. The third-order valence-corrected chi connectivity index (χ3v) is 4.77. The number of nitrogens with one attached hydrogen (secondary N) is 2. The van der Waals surface area contributed by atoms with E-state index in [2.05, 4.69) is 43.7 Å². The number of hydrogen-bond donors (Lipinski definition) is 2. The lowest BCUT2D eigenvalue weighted by Gasteiger charge is -2.28. The maximum absolute atomic E-state index is 5.27. The fraction of sp³-hybridized carbons (Fsp3) is 0.429. The summed E-state index contributed by atoms with van der Waals surface area (Å²) in [5, 5.41) is 6.72. The molecule has 27 heavy (non-hydrogen) atoms. The quantitative estimate of drug-likeness (QED) is 0.607. The molecule has 0 saturated carbocycles. The maximum Gasteiger partial charge on any atom is 0.191 e. The van der Waals surface area contributed by atoms with Gasteiger partial charge in [-0.2, -0.15) is 0 Å². The van der Waals surface area contributed by atoms with E-state index in [0.717, 1.165) is 36.2 Å². The minimum atomic E-state index is 0.687. The Morgan fingerprint density at radius 1 is 1.07 bits per heavy atom. The van der Waals surface area contributed by atoms with E-state index >= 15 is 0 Å². The molecule has 6 nitrogen and oxygen atoms in total. The fourth-order valence-corrected chi connectivity index (χ4v) is 3.24. The van der Waals surface area contributed by atoms with E-state index in [1.165, 1.54) is 24.8 Å². The standard InChI is InChI=1S/C21H29N5O/c1-22-21(24-15-17-7-6-8-19(13-17)27-2)25-16-18-9-10-23-20(14-18)26-11-4-3-5-12-26/h6-10,13-14H,3-5,11-12,15-16H2,1-2H3,(H2,22,24,25). The molecule has 1 saturated heterocycles. The van der Waals surface area contributed by atoms with Crippen LogP contribution in [0.5, 0.6) is 5.75 Å². The van der Waals surface area contributed by atoms with Gasteiger partial charge in [-0.3, -0.25) is 4.99 Å². The van der Waals surface area contributed by atoms with Gasteiger partial charge in [0, 0.05) is 39.4 Å². The van der Waals surface area contributed by atoms with Gasteiger partial charge in [0.1, 0.15) is 11.6 Å². The molecule has 144 valence electrons. The number of nitrogens with zero attached hydrogens (tertiary/aromatic N) is 3. The average molecular weight is 367 g/mol. The molecule has 2 aromatic rings. The Morgan fingerprint density at radius 2 is 1.81 bits per heavy atom. The van der Waals surface area contributed by atoms with Crippen molar-refractivity contribution in [1.29, 1.82) is 0 Å². The summed E-state index contributed by atoms with van der Waals surface area (Å²) < 4.78 is 5.27. The Kier molecular flexibility index (Phi) is 6.90. The molecule has 0 aliphatic carbocycles. The number of benzene rings is 1. The topological polar surface area (TPSA) is 61.8 Å². The van der Waals surface area contributed by atoms with Crippen LogP contribution in [0, 0.1) is 0 Å². The van der Waals surface area contributed by atoms with Crippen molar-refractivity contribution in [3.05, 3.63) is 53.7 Å². The van der Waals surface area contributed by atoms with Gasteiger partial charge in [-0.05, 0) is 54.7 Å². The third-order valence-electron chi connectivity index (χ3n) is 4.77. The Hall–Kier alpha value is -2.76. The van der Waals surface area contributed by atoms with Gasteiger partial charge in [0.05, 0.1) is 7.11 Å². The minimum Gasteiger partial charge on any atom is -0.497 e. The van der Waals surface area contributed by atoms with Crippen molar-refractivity contribution >= 4 is 11.8 Å². The summed E-state index contributed by atoms with van der Waals surface area (Å²) in [5.74, 6) is 2.71. The molecular weight excluding hydrogens is 338 g/mol. The van der Waals surface area contributed by atoms with Crippen molar-refractivity contribution in [1.82, 2.24) is 15.6 Å². The number of aliphatic imine (C=N–C) groups is 1. The molecule has 6 heteroatoms. The lowest BCUT2D eigenvalue weighted by atomic mass is 10.1. The predicted octanol–water partition coefficient (Wildman–Crippen LogP) is 2.95. The van der Waals surface area contributed by atoms with Gasteiger partial charge in [0.15, 0.2) is 5.96 Å². The second-order valence-electron chi connectivity index (χ2n) is 6.70. The highest BCUT2D eigenvalue weighted by Gasteiger charge is 2.12. The molecular formula is C21H29N5O. The van der Waals surface area contributed by atoms with E-state index in [-0.39, 0.29) is 0 Å². The van der Waals surface area contributed by atoms with Crippen LogP contribution in [0.1, 0.15) is 30.4 Å². The fourth-order valence-electron chi connectivity index (χ4n) is 3.24. The second kappa shape index (κ2) is 9.80. The van der Waals surface area contributed by atoms with Crippen LogP contribution in [-0.4, -0.2) is 38.2 Å². The Balaban J connectivity index is 1.53. The monoisotopic (exact) mass is 367 g/mol. The van der Waals surface area contributed by atoms with Crippen molar-refractivity contribution in [3.8, 4) is 5.75 Å². The van der Waals surface area contributed by atoms with Crippen molar-refractivity contribution in [2.45, 2.75) is 32.4 Å². The normalized spacial score (nSPS) is 14.7. The number of ether oxygens (including phenoxy) is 1. The summed E-state index contributed by atoms with van der Waals surface area (Å²) in [6, 6.07) is 12.2. The van der Waals surface area contributed by atoms with Gasteiger partial charge in [0.25, 0.3) is 0 Å². The maximum atomic E-state index is 5.27. The SMILES string of the molecule is CN=C(NCc1cccc(OC)c1)NCc1ccnc(N2CCCCC2)c1. The predicted molar refractivity (Wildman–Crippen MR) is 110 cm³/mol. The molecule has 3 rings (SSSR count). The zero-order valence-corrected chi connectivity index (χ0v) is 16.2. The van der Waals surface area contributed by atoms with Crippen LogP contribution in [0.3, 0.4) is 0 Å². The zero-order chi connectivity index (χ0) is 18.9. The second-order valence-corrected chi connectivity index (χ2v) is 6.70. The van der Waals surface area contributed by atoms with Gasteiger partial charge in [-0.25, -0.2) is 4.98 Å². The summed E-state index contributed by atoms with van der Waals surface area (Å²) in [6.07, 6.45) is 5.73. The van der Waals surface area contributed by atoms with E-state index in [1.807, 2.05) is 24.4 Å². The number of anilines is 1. The number of piperidine rings is 1. The van der Waals surface area contributed by atoms with Gasteiger partial charge in [0.2, 0.25) is 0 Å². The first-order valence-corrected chi connectivity index (χ1v) is 9.56. The summed E-state index contributed by atoms with van der Waals surface area (Å²) >= 11 is 0. The highest BCUT2D eigenvalue weighted by atomic mass is 16.5. The summed E-state index contributed by atoms with van der Waals surface area (Å²) in [5.41, 5.74) is 2.35. The average Bonchev–Trinajstić information content (AvgIpc) is 2.75. The number of rotatable bonds is 6. The largest absolute Gasteiger partial charge is 0.497 e. The van der Waals surface area contributed by atoms with Crippen LogP contribution in [0.4, 0.5) is 5.82 Å². The Labute approximate surface area is 161 Å². The summed E-state index contributed by atoms with van der Waals surface area (Å²) in [6.45, 7) is 3.61. The molecule has 1 aliphatic rings. The van der Waals surface area contributed by atoms with Crippen LogP contribution in [-0.2, 0) is 13.1 Å². The molecule has 1 aliphatic heterocycles. The van der Waals surface area contributed by atoms with E-state index in [1.54, 1.807) is 14.2 Å². The zero-order valence-electron chi connectivity index (χ0n) is 16.2. The number of methoxy groups -OCH3 is 1. The van der Waals surface area contributed by atoms with Crippen LogP contribution in [0.15, 0.2) is 47.6 Å².